The molecule has 0 amide bonds. The van der Waals surface area contributed by atoms with Gasteiger partial charge in [0.1, 0.15) is 18.5 Å². The maximum Gasteiger partial charge on any atom is 0.224 e. The number of hydrogen-bond acceptors (Lipinski definition) is 6. The largest absolute Gasteiger partial charge is 0.491 e. The fourth-order valence-corrected chi connectivity index (χ4v) is 2.35. The number of rotatable bonds is 8. The van der Waals surface area contributed by atoms with Crippen molar-refractivity contribution >= 4 is 5.95 Å². The molecule has 1 heterocycles. The number of anilines is 1. The minimum Gasteiger partial charge on any atom is -0.491 e. The number of nitrogens with zero attached hydrogens (tertiary/aromatic N) is 4. The summed E-state index contributed by atoms with van der Waals surface area (Å²) in [7, 11) is 5.77. The van der Waals surface area contributed by atoms with E-state index in [-0.39, 0.29) is 6.61 Å². The molecule has 6 heteroatoms. The molecule has 24 heavy (non-hydrogen) atoms. The van der Waals surface area contributed by atoms with E-state index in [4.69, 9.17) is 4.74 Å². The predicted molar refractivity (Wildman–Crippen MR) is 95.4 cm³/mol. The molecular formula is C18H26N4O2. The highest BCUT2D eigenvalue weighted by molar-refractivity contribution is 5.27. The van der Waals surface area contributed by atoms with E-state index in [1.807, 2.05) is 74.5 Å². The molecule has 0 saturated carbocycles. The Morgan fingerprint density at radius 3 is 2.50 bits per heavy atom. The van der Waals surface area contributed by atoms with Gasteiger partial charge in [0, 0.05) is 45.1 Å². The molecule has 2 rings (SSSR count). The molecule has 130 valence electrons. The van der Waals surface area contributed by atoms with Crippen molar-refractivity contribution < 1.29 is 9.84 Å². The van der Waals surface area contributed by atoms with E-state index in [0.717, 1.165) is 16.9 Å². The molecule has 1 unspecified atom stereocenters. The second kappa shape index (κ2) is 8.61. The average Bonchev–Trinajstić information content (AvgIpc) is 2.53. The van der Waals surface area contributed by atoms with Crippen LogP contribution in [0.4, 0.5) is 5.95 Å². The lowest BCUT2D eigenvalue weighted by molar-refractivity contribution is 0.0743. The van der Waals surface area contributed by atoms with E-state index in [1.54, 1.807) is 0 Å². The predicted octanol–water partition coefficient (Wildman–Crippen LogP) is 1.72. The third kappa shape index (κ3) is 5.79. The van der Waals surface area contributed by atoms with E-state index >= 15 is 0 Å². The molecule has 0 aliphatic heterocycles. The highest BCUT2D eigenvalue weighted by atomic mass is 16.5. The van der Waals surface area contributed by atoms with Crippen molar-refractivity contribution in [2.24, 2.45) is 0 Å². The number of aromatic nitrogens is 2. The summed E-state index contributed by atoms with van der Waals surface area (Å²) >= 11 is 0. The maximum atomic E-state index is 10.1. The van der Waals surface area contributed by atoms with Crippen molar-refractivity contribution in [2.45, 2.75) is 19.6 Å². The van der Waals surface area contributed by atoms with Gasteiger partial charge in [0.25, 0.3) is 0 Å². The molecule has 0 saturated heterocycles. The first-order valence-electron chi connectivity index (χ1n) is 7.98. The Morgan fingerprint density at radius 2 is 1.88 bits per heavy atom. The van der Waals surface area contributed by atoms with Crippen molar-refractivity contribution in [3.8, 4) is 5.75 Å². The fourth-order valence-electron chi connectivity index (χ4n) is 2.35. The topological polar surface area (TPSA) is 61.7 Å². The number of likely N-dealkylation sites (N-methyl/N-ethyl adjacent to an activating group) is 1. The first kappa shape index (κ1) is 18.2. The number of aliphatic hydroxyl groups is 1. The third-order valence-electron chi connectivity index (χ3n) is 3.50. The number of hydrogen-bond donors (Lipinski definition) is 1. The molecule has 1 atom stereocenters. The molecule has 1 aromatic carbocycles. The molecule has 1 N–H and O–H groups in total. The zero-order valence-electron chi connectivity index (χ0n) is 14.8. The quantitative estimate of drug-likeness (QED) is 0.795. The smallest absolute Gasteiger partial charge is 0.224 e. The Kier molecular flexibility index (Phi) is 6.52. The Bertz CT molecular complexity index is 631. The van der Waals surface area contributed by atoms with Crippen LogP contribution in [-0.4, -0.2) is 60.4 Å². The summed E-state index contributed by atoms with van der Waals surface area (Å²) in [6, 6.07) is 7.81. The molecule has 0 aliphatic carbocycles. The summed E-state index contributed by atoms with van der Waals surface area (Å²) in [6.45, 7) is 3.47. The van der Waals surface area contributed by atoms with Gasteiger partial charge >= 0.3 is 0 Å². The Hall–Kier alpha value is -2.18. The van der Waals surface area contributed by atoms with E-state index < -0.39 is 6.10 Å². The van der Waals surface area contributed by atoms with Gasteiger partial charge in [-0.05, 0) is 31.7 Å². The molecule has 0 radical (unpaired) electrons. The van der Waals surface area contributed by atoms with E-state index in [9.17, 15) is 5.11 Å². The van der Waals surface area contributed by atoms with Crippen molar-refractivity contribution in [3.63, 3.8) is 0 Å². The van der Waals surface area contributed by atoms with Crippen LogP contribution in [0.3, 0.4) is 0 Å². The minimum atomic E-state index is -0.558. The van der Waals surface area contributed by atoms with Gasteiger partial charge in [0.2, 0.25) is 5.95 Å². The number of aryl methyl sites for hydroxylation is 1. The van der Waals surface area contributed by atoms with Crippen LogP contribution in [-0.2, 0) is 6.54 Å². The number of ether oxygens (including phenoxy) is 1. The summed E-state index contributed by atoms with van der Waals surface area (Å²) in [5.74, 6) is 1.47. The van der Waals surface area contributed by atoms with Gasteiger partial charge in [-0.2, -0.15) is 0 Å². The van der Waals surface area contributed by atoms with Crippen molar-refractivity contribution in [1.29, 1.82) is 0 Å². The monoisotopic (exact) mass is 330 g/mol. The summed E-state index contributed by atoms with van der Waals surface area (Å²) in [6.07, 6.45) is 3.07. The molecule has 0 aliphatic rings. The van der Waals surface area contributed by atoms with Crippen LogP contribution in [0.15, 0.2) is 36.7 Å². The van der Waals surface area contributed by atoms with Crippen molar-refractivity contribution in [1.82, 2.24) is 14.9 Å². The van der Waals surface area contributed by atoms with Crippen LogP contribution in [0, 0.1) is 6.92 Å². The summed E-state index contributed by atoms with van der Waals surface area (Å²) in [4.78, 5) is 12.5. The maximum absolute atomic E-state index is 10.1. The lowest BCUT2D eigenvalue weighted by Gasteiger charge is -2.21. The first-order chi connectivity index (χ1) is 11.4. The summed E-state index contributed by atoms with van der Waals surface area (Å²) < 4.78 is 5.63. The summed E-state index contributed by atoms with van der Waals surface area (Å²) in [5.41, 5.74) is 2.15. The van der Waals surface area contributed by atoms with Crippen LogP contribution in [0.25, 0.3) is 0 Å². The molecular weight excluding hydrogens is 304 g/mol. The van der Waals surface area contributed by atoms with Crippen LogP contribution < -0.4 is 9.64 Å². The number of aliphatic hydroxyl groups excluding tert-OH is 1. The van der Waals surface area contributed by atoms with Gasteiger partial charge in [-0.25, -0.2) is 9.97 Å². The first-order valence-corrected chi connectivity index (χ1v) is 7.98. The zero-order chi connectivity index (χ0) is 17.5. The Morgan fingerprint density at radius 1 is 1.17 bits per heavy atom. The molecule has 6 nitrogen and oxygen atoms in total. The molecule has 0 spiro atoms. The highest BCUT2D eigenvalue weighted by Gasteiger charge is 2.10. The molecule has 0 bridgehead atoms. The minimum absolute atomic E-state index is 0.268. The van der Waals surface area contributed by atoms with Gasteiger partial charge in [0.05, 0.1) is 0 Å². The SMILES string of the molecule is Cc1cccc(OCC(O)CN(C)Cc2cnc(N(C)C)nc2)c1. The van der Waals surface area contributed by atoms with E-state index in [1.165, 1.54) is 0 Å². The third-order valence-corrected chi connectivity index (χ3v) is 3.50. The molecule has 2 aromatic rings. The van der Waals surface area contributed by atoms with Gasteiger partial charge in [0.15, 0.2) is 0 Å². The van der Waals surface area contributed by atoms with Crippen LogP contribution in [0.1, 0.15) is 11.1 Å². The van der Waals surface area contributed by atoms with Gasteiger partial charge in [-0.3, -0.25) is 4.90 Å². The summed E-state index contributed by atoms with van der Waals surface area (Å²) in [5, 5.41) is 10.1. The molecule has 1 aromatic heterocycles. The van der Waals surface area contributed by atoms with Crippen molar-refractivity contribution in [2.75, 3.05) is 39.2 Å². The van der Waals surface area contributed by atoms with E-state index in [0.29, 0.717) is 19.0 Å². The number of benzene rings is 1. The Labute approximate surface area is 143 Å². The standard InChI is InChI=1S/C18H26N4O2/c1-14-6-5-7-17(8-14)24-13-16(23)12-22(4)11-15-9-19-18(20-10-15)21(2)3/h5-10,16,23H,11-13H2,1-4H3. The van der Waals surface area contributed by atoms with Gasteiger partial charge in [-0.15, -0.1) is 0 Å². The second-order valence-electron chi connectivity index (χ2n) is 6.26. The normalized spacial score (nSPS) is 12.2. The van der Waals surface area contributed by atoms with E-state index in [2.05, 4.69) is 9.97 Å². The second-order valence-corrected chi connectivity index (χ2v) is 6.26. The lowest BCUT2D eigenvalue weighted by atomic mass is 10.2. The van der Waals surface area contributed by atoms with Crippen LogP contribution in [0.2, 0.25) is 0 Å². The fraction of sp³-hybridized carbons (Fsp3) is 0.444. The van der Waals surface area contributed by atoms with Gasteiger partial charge in [-0.1, -0.05) is 12.1 Å². The van der Waals surface area contributed by atoms with Crippen LogP contribution >= 0.6 is 0 Å². The molecule has 0 fully saturated rings. The Balaban J connectivity index is 1.77. The highest BCUT2D eigenvalue weighted by Crippen LogP contribution is 2.13. The average molecular weight is 330 g/mol. The van der Waals surface area contributed by atoms with Crippen LogP contribution in [0.5, 0.6) is 5.75 Å². The van der Waals surface area contributed by atoms with Crippen molar-refractivity contribution in [3.05, 3.63) is 47.8 Å². The lowest BCUT2D eigenvalue weighted by Crippen LogP contribution is -2.32. The van der Waals surface area contributed by atoms with Gasteiger partial charge < -0.3 is 14.7 Å². The zero-order valence-corrected chi connectivity index (χ0v) is 14.8.